The number of anilines is 1. The fourth-order valence-corrected chi connectivity index (χ4v) is 3.37. The van der Waals surface area contributed by atoms with E-state index in [0.717, 1.165) is 28.1 Å². The number of nitrogens with zero attached hydrogens (tertiary/aromatic N) is 4. The number of amides is 1. The summed E-state index contributed by atoms with van der Waals surface area (Å²) in [5.41, 5.74) is 5.35. The topological polar surface area (TPSA) is 72.3 Å². The molecule has 0 aliphatic rings. The molecule has 0 saturated carbocycles. The lowest BCUT2D eigenvalue weighted by Gasteiger charge is -2.13. The van der Waals surface area contributed by atoms with Gasteiger partial charge in [0.25, 0.3) is 5.91 Å². The molecule has 0 unspecified atom stereocenters. The van der Waals surface area contributed by atoms with Gasteiger partial charge in [0.05, 0.1) is 19.2 Å². The molecule has 1 amide bonds. The molecule has 7 heteroatoms. The summed E-state index contributed by atoms with van der Waals surface area (Å²) in [6.45, 7) is 1.04. The average Bonchev–Trinajstić information content (AvgIpc) is 3.19. The monoisotopic (exact) mass is 415 g/mol. The van der Waals surface area contributed by atoms with Crippen LogP contribution in [0, 0.1) is 0 Å². The molecule has 31 heavy (non-hydrogen) atoms. The normalized spacial score (nSPS) is 10.8. The van der Waals surface area contributed by atoms with Crippen LogP contribution in [0.15, 0.2) is 66.7 Å². The minimum absolute atomic E-state index is 0.138. The number of carbonyl (C=O) groups excluding carboxylic acids is 1. The van der Waals surface area contributed by atoms with Gasteiger partial charge in [-0.15, -0.1) is 5.10 Å². The average molecular weight is 415 g/mol. The zero-order chi connectivity index (χ0) is 21.8. The highest BCUT2D eigenvalue weighted by Crippen LogP contribution is 2.18. The number of hydrogen-bond acceptors (Lipinski definition) is 5. The van der Waals surface area contributed by atoms with Gasteiger partial charge in [-0.25, -0.2) is 4.68 Å². The van der Waals surface area contributed by atoms with Crippen LogP contribution in [0.2, 0.25) is 0 Å². The van der Waals surface area contributed by atoms with Crippen molar-refractivity contribution in [2.75, 3.05) is 26.1 Å². The second kappa shape index (κ2) is 8.87. The van der Waals surface area contributed by atoms with E-state index in [1.807, 2.05) is 78.3 Å². The number of ether oxygens (including phenoxy) is 1. The first-order valence-corrected chi connectivity index (χ1v) is 10.0. The molecule has 0 fully saturated rings. The third-order valence-electron chi connectivity index (χ3n) is 5.15. The predicted molar refractivity (Wildman–Crippen MR) is 122 cm³/mol. The summed E-state index contributed by atoms with van der Waals surface area (Å²) in [6.07, 6.45) is 0. The van der Waals surface area contributed by atoms with E-state index in [9.17, 15) is 4.79 Å². The van der Waals surface area contributed by atoms with E-state index < -0.39 is 0 Å². The van der Waals surface area contributed by atoms with Crippen molar-refractivity contribution < 1.29 is 9.53 Å². The maximum atomic E-state index is 12.6. The van der Waals surface area contributed by atoms with E-state index in [1.165, 1.54) is 0 Å². The Hall–Kier alpha value is -3.87. The minimum atomic E-state index is -0.138. The molecule has 4 aromatic rings. The van der Waals surface area contributed by atoms with Crippen molar-refractivity contribution in [1.82, 2.24) is 20.3 Å². The molecule has 0 atom stereocenters. The number of benzene rings is 3. The highest BCUT2D eigenvalue weighted by molar-refractivity contribution is 5.97. The molecular formula is C24H25N5O2. The third kappa shape index (κ3) is 4.66. The molecule has 0 spiro atoms. The lowest BCUT2D eigenvalue weighted by molar-refractivity contribution is 0.0951. The van der Waals surface area contributed by atoms with Gasteiger partial charge in [0.1, 0.15) is 11.3 Å². The number of rotatable bonds is 7. The van der Waals surface area contributed by atoms with E-state index >= 15 is 0 Å². The second-order valence-corrected chi connectivity index (χ2v) is 7.55. The highest BCUT2D eigenvalue weighted by Gasteiger charge is 2.11. The second-order valence-electron chi connectivity index (χ2n) is 7.55. The number of aromatic nitrogens is 3. The fourth-order valence-electron chi connectivity index (χ4n) is 3.37. The quantitative estimate of drug-likeness (QED) is 0.500. The van der Waals surface area contributed by atoms with Gasteiger partial charge in [-0.3, -0.25) is 4.79 Å². The highest BCUT2D eigenvalue weighted by atomic mass is 16.5. The van der Waals surface area contributed by atoms with E-state index in [-0.39, 0.29) is 5.91 Å². The Balaban J connectivity index is 1.44. The first-order valence-electron chi connectivity index (χ1n) is 10.0. The predicted octanol–water partition coefficient (Wildman–Crippen LogP) is 3.48. The SMILES string of the molecule is COc1cccc(Cn2nnc3cc(C(=O)NCc4ccc(N(C)C)cc4)ccc32)c1. The summed E-state index contributed by atoms with van der Waals surface area (Å²) in [7, 11) is 5.65. The molecule has 0 radical (unpaired) electrons. The van der Waals surface area contributed by atoms with E-state index in [0.29, 0.717) is 24.2 Å². The van der Waals surface area contributed by atoms with Crippen molar-refractivity contribution in [1.29, 1.82) is 0 Å². The van der Waals surface area contributed by atoms with E-state index in [1.54, 1.807) is 19.2 Å². The van der Waals surface area contributed by atoms with Crippen LogP contribution < -0.4 is 15.0 Å². The molecule has 0 aliphatic carbocycles. The molecular weight excluding hydrogens is 390 g/mol. The van der Waals surface area contributed by atoms with Crippen molar-refractivity contribution in [3.63, 3.8) is 0 Å². The van der Waals surface area contributed by atoms with Crippen LogP contribution in [-0.4, -0.2) is 42.1 Å². The number of nitrogens with one attached hydrogen (secondary N) is 1. The van der Waals surface area contributed by atoms with Crippen molar-refractivity contribution in [3.05, 3.63) is 83.4 Å². The Labute approximate surface area is 181 Å². The largest absolute Gasteiger partial charge is 0.497 e. The van der Waals surface area contributed by atoms with Gasteiger partial charge >= 0.3 is 0 Å². The number of hydrogen-bond donors (Lipinski definition) is 1. The molecule has 1 aromatic heterocycles. The van der Waals surface area contributed by atoms with E-state index in [4.69, 9.17) is 4.74 Å². The Kier molecular flexibility index (Phi) is 5.84. The Morgan fingerprint density at radius 3 is 2.58 bits per heavy atom. The zero-order valence-corrected chi connectivity index (χ0v) is 17.9. The Bertz CT molecular complexity index is 1200. The smallest absolute Gasteiger partial charge is 0.251 e. The summed E-state index contributed by atoms with van der Waals surface area (Å²) < 4.78 is 7.10. The van der Waals surface area contributed by atoms with Crippen LogP contribution >= 0.6 is 0 Å². The lowest BCUT2D eigenvalue weighted by Crippen LogP contribution is -2.22. The number of fused-ring (bicyclic) bond motifs is 1. The van der Waals surface area contributed by atoms with Crippen LogP contribution in [0.4, 0.5) is 5.69 Å². The summed E-state index contributed by atoms with van der Waals surface area (Å²) >= 11 is 0. The lowest BCUT2D eigenvalue weighted by atomic mass is 10.1. The zero-order valence-electron chi connectivity index (χ0n) is 17.9. The number of carbonyl (C=O) groups is 1. The molecule has 0 bridgehead atoms. The van der Waals surface area contributed by atoms with Crippen molar-refractivity contribution >= 4 is 22.6 Å². The fraction of sp³-hybridized carbons (Fsp3) is 0.208. The molecule has 7 nitrogen and oxygen atoms in total. The molecule has 1 N–H and O–H groups in total. The summed E-state index contributed by atoms with van der Waals surface area (Å²) in [5, 5.41) is 11.5. The maximum Gasteiger partial charge on any atom is 0.251 e. The van der Waals surface area contributed by atoms with Crippen LogP contribution in [0.3, 0.4) is 0 Å². The van der Waals surface area contributed by atoms with Gasteiger partial charge in [-0.1, -0.05) is 29.5 Å². The molecule has 0 aliphatic heterocycles. The first-order chi connectivity index (χ1) is 15.0. The van der Waals surface area contributed by atoms with Crippen molar-refractivity contribution in [2.45, 2.75) is 13.1 Å². The molecule has 158 valence electrons. The van der Waals surface area contributed by atoms with Gasteiger partial charge in [-0.2, -0.15) is 0 Å². The molecule has 0 saturated heterocycles. The third-order valence-corrected chi connectivity index (χ3v) is 5.15. The van der Waals surface area contributed by atoms with Crippen LogP contribution in [0.25, 0.3) is 11.0 Å². The molecule has 4 rings (SSSR count). The molecule has 1 heterocycles. The maximum absolute atomic E-state index is 12.6. The van der Waals surface area contributed by atoms with Crippen molar-refractivity contribution in [2.24, 2.45) is 0 Å². The van der Waals surface area contributed by atoms with Crippen LogP contribution in [0.1, 0.15) is 21.5 Å². The number of methoxy groups -OCH3 is 1. The standard InChI is InChI=1S/C24H25N5O2/c1-28(2)20-10-7-17(8-11-20)15-25-24(30)19-9-12-23-22(14-19)26-27-29(23)16-18-5-4-6-21(13-18)31-3/h4-14H,15-16H2,1-3H3,(H,25,30). The van der Waals surface area contributed by atoms with Crippen LogP contribution in [-0.2, 0) is 13.1 Å². The van der Waals surface area contributed by atoms with Gasteiger partial charge in [0.15, 0.2) is 0 Å². The van der Waals surface area contributed by atoms with E-state index in [2.05, 4.69) is 15.6 Å². The van der Waals surface area contributed by atoms with Gasteiger partial charge < -0.3 is 15.0 Å². The van der Waals surface area contributed by atoms with Gasteiger partial charge in [-0.05, 0) is 53.6 Å². The van der Waals surface area contributed by atoms with Crippen molar-refractivity contribution in [3.8, 4) is 5.75 Å². The summed E-state index contributed by atoms with van der Waals surface area (Å²) in [5.74, 6) is 0.665. The Morgan fingerprint density at radius 1 is 1.03 bits per heavy atom. The Morgan fingerprint density at radius 2 is 1.84 bits per heavy atom. The van der Waals surface area contributed by atoms with Crippen LogP contribution in [0.5, 0.6) is 5.75 Å². The first kappa shape index (κ1) is 20.4. The van der Waals surface area contributed by atoms with Gasteiger partial charge in [0.2, 0.25) is 0 Å². The molecule has 3 aromatic carbocycles. The van der Waals surface area contributed by atoms with Gasteiger partial charge in [0, 0.05) is 31.9 Å². The summed E-state index contributed by atoms with van der Waals surface area (Å²) in [6, 6.07) is 21.4. The summed E-state index contributed by atoms with van der Waals surface area (Å²) in [4.78, 5) is 14.7. The minimum Gasteiger partial charge on any atom is -0.497 e.